The van der Waals surface area contributed by atoms with Crippen LogP contribution in [0.4, 0.5) is 0 Å². The van der Waals surface area contributed by atoms with Crippen LogP contribution in [0.1, 0.15) is 56.9 Å². The number of fused-ring (bicyclic) bond motifs is 5. The first-order valence-electron chi connectivity index (χ1n) is 14.5. The topological polar surface area (TPSA) is 0 Å². The number of rotatable bonds is 2. The average Bonchev–Trinajstić information content (AvgIpc) is 3.18. The molecule has 0 fully saturated rings. The highest BCUT2D eigenvalue weighted by Crippen LogP contribution is 2.54. The summed E-state index contributed by atoms with van der Waals surface area (Å²) in [4.78, 5) is 0. The van der Waals surface area contributed by atoms with Crippen molar-refractivity contribution in [3.8, 4) is 33.4 Å². The van der Waals surface area contributed by atoms with E-state index in [1.807, 2.05) is 0 Å². The van der Waals surface area contributed by atoms with Crippen molar-refractivity contribution in [3.63, 3.8) is 0 Å². The fourth-order valence-electron chi connectivity index (χ4n) is 6.99. The Morgan fingerprint density at radius 3 is 1.82 bits per heavy atom. The highest BCUT2D eigenvalue weighted by atomic mass is 14.4. The molecule has 0 saturated heterocycles. The summed E-state index contributed by atoms with van der Waals surface area (Å²) in [7, 11) is 0. The number of aryl methyl sites for hydroxylation is 1. The summed E-state index contributed by atoms with van der Waals surface area (Å²) in [6.45, 7) is 13.8. The number of benzene rings is 6. The van der Waals surface area contributed by atoms with Crippen molar-refractivity contribution in [2.24, 2.45) is 0 Å². The molecule has 0 saturated carbocycles. The second kappa shape index (κ2) is 8.67. The van der Waals surface area contributed by atoms with Gasteiger partial charge in [0.2, 0.25) is 0 Å². The van der Waals surface area contributed by atoms with E-state index in [0.29, 0.717) is 0 Å². The normalized spacial score (nSPS) is 13.9. The minimum atomic E-state index is -0.0296. The third-order valence-corrected chi connectivity index (χ3v) is 9.10. The first kappa shape index (κ1) is 24.9. The minimum Gasteiger partial charge on any atom is -0.0619 e. The molecule has 0 amide bonds. The third-order valence-electron chi connectivity index (χ3n) is 9.10. The van der Waals surface area contributed by atoms with Crippen molar-refractivity contribution in [3.05, 3.63) is 131 Å². The van der Waals surface area contributed by atoms with E-state index in [1.54, 1.807) is 0 Å². The molecule has 0 spiro atoms. The fourth-order valence-corrected chi connectivity index (χ4v) is 6.99. The molecule has 0 heterocycles. The summed E-state index contributed by atoms with van der Waals surface area (Å²) in [6.07, 6.45) is 0. The molecule has 196 valence electrons. The molecule has 0 radical (unpaired) electrons. The van der Waals surface area contributed by atoms with Crippen molar-refractivity contribution in [2.75, 3.05) is 0 Å². The zero-order valence-electron chi connectivity index (χ0n) is 24.4. The number of hydrogen-bond donors (Lipinski definition) is 0. The zero-order valence-corrected chi connectivity index (χ0v) is 24.4. The fraction of sp³-hybridized carbons (Fsp3) is 0.200. The summed E-state index contributed by atoms with van der Waals surface area (Å²) in [5.74, 6) is 0. The van der Waals surface area contributed by atoms with Gasteiger partial charge in [0.05, 0.1) is 0 Å². The van der Waals surface area contributed by atoms with Gasteiger partial charge in [-0.05, 0) is 84.0 Å². The molecule has 0 aliphatic heterocycles. The first-order chi connectivity index (χ1) is 19.2. The molecule has 6 aromatic rings. The predicted molar refractivity (Wildman–Crippen MR) is 173 cm³/mol. The van der Waals surface area contributed by atoms with E-state index in [1.165, 1.54) is 77.2 Å². The van der Waals surface area contributed by atoms with Gasteiger partial charge in [-0.1, -0.05) is 149 Å². The van der Waals surface area contributed by atoms with Gasteiger partial charge >= 0.3 is 0 Å². The molecule has 0 nitrogen and oxygen atoms in total. The standard InChI is InChI=1S/C40H36/c1-25-18-23-30-33(24-25)37(32-15-11-17-35-38(32)31-14-9-10-16-34(31)40(35,5)6)29-13-8-7-12-28(29)36(30)26-19-21-27(22-20-26)39(2,3)4/h7-24H,1-6H3. The lowest BCUT2D eigenvalue weighted by Crippen LogP contribution is -2.14. The molecule has 1 aliphatic rings. The second-order valence-electron chi connectivity index (χ2n) is 13.1. The molecule has 40 heavy (non-hydrogen) atoms. The van der Waals surface area contributed by atoms with Crippen molar-refractivity contribution < 1.29 is 0 Å². The number of hydrogen-bond acceptors (Lipinski definition) is 0. The Bertz CT molecular complexity index is 1940. The lowest BCUT2D eigenvalue weighted by atomic mass is 9.80. The van der Waals surface area contributed by atoms with Gasteiger partial charge in [0.15, 0.2) is 0 Å². The van der Waals surface area contributed by atoms with Crippen molar-refractivity contribution in [2.45, 2.75) is 52.4 Å². The van der Waals surface area contributed by atoms with Gasteiger partial charge < -0.3 is 0 Å². The van der Waals surface area contributed by atoms with Gasteiger partial charge in [0.25, 0.3) is 0 Å². The van der Waals surface area contributed by atoms with Crippen LogP contribution in [0.3, 0.4) is 0 Å². The van der Waals surface area contributed by atoms with Crippen LogP contribution in [0.2, 0.25) is 0 Å². The van der Waals surface area contributed by atoms with Crippen LogP contribution < -0.4 is 0 Å². The maximum Gasteiger partial charge on any atom is 0.0159 e. The van der Waals surface area contributed by atoms with Gasteiger partial charge in [-0.25, -0.2) is 0 Å². The lowest BCUT2D eigenvalue weighted by molar-refractivity contribution is 0.590. The molecule has 7 rings (SSSR count). The van der Waals surface area contributed by atoms with Gasteiger partial charge in [-0.15, -0.1) is 0 Å². The predicted octanol–water partition coefficient (Wildman–Crippen LogP) is 11.2. The van der Waals surface area contributed by atoms with Gasteiger partial charge in [0.1, 0.15) is 0 Å². The molecule has 1 aliphatic carbocycles. The molecule has 0 aromatic heterocycles. The zero-order chi connectivity index (χ0) is 27.8. The molecule has 0 N–H and O–H groups in total. The SMILES string of the molecule is Cc1ccc2c(-c3ccc(C(C)(C)C)cc3)c3ccccc3c(-c3cccc4c3-c3ccccc3C4(C)C)c2c1. The summed E-state index contributed by atoms with van der Waals surface area (Å²) in [6, 6.07) is 41.2. The van der Waals surface area contributed by atoms with Crippen LogP contribution in [0.25, 0.3) is 54.9 Å². The highest BCUT2D eigenvalue weighted by Gasteiger charge is 2.37. The van der Waals surface area contributed by atoms with E-state index >= 15 is 0 Å². The summed E-state index contributed by atoms with van der Waals surface area (Å²) in [5, 5.41) is 5.25. The molecular formula is C40H36. The molecule has 0 unspecified atom stereocenters. The van der Waals surface area contributed by atoms with E-state index in [0.717, 1.165) is 0 Å². The quantitative estimate of drug-likeness (QED) is 0.201. The van der Waals surface area contributed by atoms with Crippen molar-refractivity contribution in [1.82, 2.24) is 0 Å². The van der Waals surface area contributed by atoms with E-state index in [9.17, 15) is 0 Å². The van der Waals surface area contributed by atoms with E-state index < -0.39 is 0 Å². The highest BCUT2D eigenvalue weighted by molar-refractivity contribution is 6.22. The van der Waals surface area contributed by atoms with Crippen LogP contribution in [-0.4, -0.2) is 0 Å². The minimum absolute atomic E-state index is 0.0296. The molecule has 0 heteroatoms. The Hall–Kier alpha value is -4.16. The third kappa shape index (κ3) is 3.59. The average molecular weight is 517 g/mol. The van der Waals surface area contributed by atoms with Crippen molar-refractivity contribution in [1.29, 1.82) is 0 Å². The maximum atomic E-state index is 2.40. The molecule has 0 bridgehead atoms. The van der Waals surface area contributed by atoms with Crippen molar-refractivity contribution >= 4 is 21.5 Å². The Morgan fingerprint density at radius 1 is 0.500 bits per heavy atom. The molecule has 6 aromatic carbocycles. The van der Waals surface area contributed by atoms with Crippen LogP contribution >= 0.6 is 0 Å². The van der Waals surface area contributed by atoms with E-state index in [2.05, 4.69) is 151 Å². The molecular weight excluding hydrogens is 480 g/mol. The summed E-state index contributed by atoms with van der Waals surface area (Å²) >= 11 is 0. The van der Waals surface area contributed by atoms with Crippen LogP contribution in [0.15, 0.2) is 109 Å². The Kier molecular flexibility index (Phi) is 5.39. The van der Waals surface area contributed by atoms with Gasteiger partial charge in [0, 0.05) is 5.41 Å². The largest absolute Gasteiger partial charge is 0.0619 e. The van der Waals surface area contributed by atoms with E-state index in [-0.39, 0.29) is 10.8 Å². The maximum absolute atomic E-state index is 2.40. The Morgan fingerprint density at radius 2 is 1.10 bits per heavy atom. The van der Waals surface area contributed by atoms with E-state index in [4.69, 9.17) is 0 Å². The lowest BCUT2D eigenvalue weighted by Gasteiger charge is -2.23. The first-order valence-corrected chi connectivity index (χ1v) is 14.5. The van der Waals surface area contributed by atoms with Crippen LogP contribution in [0.5, 0.6) is 0 Å². The summed E-state index contributed by atoms with van der Waals surface area (Å²) in [5.41, 5.74) is 13.6. The van der Waals surface area contributed by atoms with Gasteiger partial charge in [-0.2, -0.15) is 0 Å². The monoisotopic (exact) mass is 516 g/mol. The smallest absolute Gasteiger partial charge is 0.0159 e. The van der Waals surface area contributed by atoms with Crippen LogP contribution in [0, 0.1) is 6.92 Å². The van der Waals surface area contributed by atoms with Gasteiger partial charge in [-0.3, -0.25) is 0 Å². The second-order valence-corrected chi connectivity index (χ2v) is 13.1. The molecule has 0 atom stereocenters. The summed E-state index contributed by atoms with van der Waals surface area (Å²) < 4.78 is 0. The van der Waals surface area contributed by atoms with Crippen LogP contribution in [-0.2, 0) is 10.8 Å². The Balaban J connectivity index is 1.61. The Labute approximate surface area is 238 Å².